The Morgan fingerprint density at radius 2 is 2.00 bits per heavy atom. The van der Waals surface area contributed by atoms with Crippen LogP contribution in [0.4, 0.5) is 0 Å². The monoisotopic (exact) mass is 337 g/mol. The van der Waals surface area contributed by atoms with Crippen molar-refractivity contribution in [1.82, 2.24) is 5.32 Å². The normalized spacial score (nSPS) is 26.3. The Hall–Kier alpha value is -0.830. The summed E-state index contributed by atoms with van der Waals surface area (Å²) in [5.74, 6) is 0.847. The Balaban J connectivity index is 2.15. The van der Waals surface area contributed by atoms with Crippen molar-refractivity contribution in [3.63, 3.8) is 0 Å². The van der Waals surface area contributed by atoms with Gasteiger partial charge in [-0.05, 0) is 57.1 Å². The van der Waals surface area contributed by atoms with Crippen LogP contribution in [0.25, 0.3) is 0 Å². The lowest BCUT2D eigenvalue weighted by Gasteiger charge is -2.39. The molecule has 0 aliphatic heterocycles. The summed E-state index contributed by atoms with van der Waals surface area (Å²) in [6.07, 6.45) is 4.52. The maximum Gasteiger partial charge on any atom is 0.252 e. The van der Waals surface area contributed by atoms with E-state index in [4.69, 9.17) is 0 Å². The van der Waals surface area contributed by atoms with Crippen LogP contribution in [0, 0.1) is 19.8 Å². The number of aryl methyl sites for hydroxylation is 2. The van der Waals surface area contributed by atoms with Crippen LogP contribution in [-0.4, -0.2) is 16.8 Å². The number of nitrogens with one attached hydrogen (secondary N) is 1. The topological polar surface area (TPSA) is 29.1 Å². The van der Waals surface area contributed by atoms with Gasteiger partial charge in [-0.2, -0.15) is 0 Å². The van der Waals surface area contributed by atoms with Gasteiger partial charge in [-0.1, -0.05) is 40.5 Å². The van der Waals surface area contributed by atoms with Crippen LogP contribution in [-0.2, 0) is 0 Å². The zero-order valence-corrected chi connectivity index (χ0v) is 14.2. The predicted octanol–water partition coefficient (Wildman–Crippen LogP) is 4.38. The number of carbonyl (C=O) groups excluding carboxylic acids is 1. The second-order valence-corrected chi connectivity index (χ2v) is 6.93. The summed E-state index contributed by atoms with van der Waals surface area (Å²) in [6, 6.07) is 6.06. The fourth-order valence-corrected chi connectivity index (χ4v) is 3.60. The van der Waals surface area contributed by atoms with E-state index in [0.29, 0.717) is 0 Å². The van der Waals surface area contributed by atoms with E-state index >= 15 is 0 Å². The van der Waals surface area contributed by atoms with Gasteiger partial charge < -0.3 is 5.32 Å². The van der Waals surface area contributed by atoms with Gasteiger partial charge in [-0.15, -0.1) is 0 Å². The van der Waals surface area contributed by atoms with Crippen molar-refractivity contribution in [3.8, 4) is 0 Å². The molecular formula is C17H24BrNO. The summed E-state index contributed by atoms with van der Waals surface area (Å²) in [4.78, 5) is 12.6. The molecule has 1 aliphatic rings. The van der Waals surface area contributed by atoms with E-state index in [0.717, 1.165) is 40.8 Å². The molecule has 2 rings (SSSR count). The molecule has 0 atom stereocenters. The first-order chi connectivity index (χ1) is 9.46. The van der Waals surface area contributed by atoms with E-state index in [1.807, 2.05) is 26.0 Å². The molecule has 1 fully saturated rings. The second-order valence-electron chi connectivity index (χ2n) is 6.37. The number of halogens is 1. The predicted molar refractivity (Wildman–Crippen MR) is 87.5 cm³/mol. The highest BCUT2D eigenvalue weighted by molar-refractivity contribution is 9.09. The number of benzene rings is 1. The highest BCUT2D eigenvalue weighted by Gasteiger charge is 2.35. The van der Waals surface area contributed by atoms with Crippen molar-refractivity contribution >= 4 is 21.8 Å². The van der Waals surface area contributed by atoms with Gasteiger partial charge in [0, 0.05) is 10.9 Å². The lowest BCUT2D eigenvalue weighted by molar-refractivity contribution is 0.0873. The van der Waals surface area contributed by atoms with E-state index in [2.05, 4.69) is 34.2 Å². The quantitative estimate of drug-likeness (QED) is 0.815. The number of hydrogen-bond acceptors (Lipinski definition) is 1. The Morgan fingerprint density at radius 1 is 1.35 bits per heavy atom. The average Bonchev–Trinajstić information content (AvgIpc) is 2.44. The van der Waals surface area contributed by atoms with Gasteiger partial charge in [0.1, 0.15) is 0 Å². The highest BCUT2D eigenvalue weighted by atomic mass is 79.9. The van der Waals surface area contributed by atoms with E-state index in [9.17, 15) is 4.79 Å². The average molecular weight is 338 g/mol. The number of hydrogen-bond donors (Lipinski definition) is 1. The molecule has 20 heavy (non-hydrogen) atoms. The van der Waals surface area contributed by atoms with E-state index in [-0.39, 0.29) is 11.4 Å². The summed E-state index contributed by atoms with van der Waals surface area (Å²) >= 11 is 3.61. The Labute approximate surface area is 130 Å². The molecule has 1 aromatic rings. The van der Waals surface area contributed by atoms with E-state index in [1.54, 1.807) is 0 Å². The molecule has 1 aliphatic carbocycles. The number of alkyl halides is 1. The molecule has 3 heteroatoms. The van der Waals surface area contributed by atoms with Crippen LogP contribution in [0.5, 0.6) is 0 Å². The van der Waals surface area contributed by atoms with Crippen LogP contribution in [0.15, 0.2) is 18.2 Å². The van der Waals surface area contributed by atoms with Crippen molar-refractivity contribution in [3.05, 3.63) is 34.9 Å². The number of amides is 1. The first-order valence-electron chi connectivity index (χ1n) is 7.41. The first kappa shape index (κ1) is 15.6. The summed E-state index contributed by atoms with van der Waals surface area (Å²) in [6.45, 7) is 6.32. The van der Waals surface area contributed by atoms with Crippen LogP contribution >= 0.6 is 15.9 Å². The van der Waals surface area contributed by atoms with Gasteiger partial charge in [0.15, 0.2) is 0 Å². The molecule has 0 bridgehead atoms. The molecular weight excluding hydrogens is 314 g/mol. The number of carbonyl (C=O) groups is 1. The van der Waals surface area contributed by atoms with Crippen molar-refractivity contribution < 1.29 is 4.79 Å². The zero-order chi connectivity index (χ0) is 14.8. The SMILES string of the molecule is Cc1ccc(C)c(C(=O)NC2(CBr)CCC(C)CC2)c1. The van der Waals surface area contributed by atoms with E-state index < -0.39 is 0 Å². The lowest BCUT2D eigenvalue weighted by Crippen LogP contribution is -2.52. The van der Waals surface area contributed by atoms with Gasteiger partial charge in [-0.3, -0.25) is 4.79 Å². The summed E-state index contributed by atoms with van der Waals surface area (Å²) < 4.78 is 0. The summed E-state index contributed by atoms with van der Waals surface area (Å²) in [5, 5.41) is 4.14. The summed E-state index contributed by atoms with van der Waals surface area (Å²) in [7, 11) is 0. The molecule has 0 radical (unpaired) electrons. The smallest absolute Gasteiger partial charge is 0.252 e. The minimum Gasteiger partial charge on any atom is -0.346 e. The van der Waals surface area contributed by atoms with Crippen molar-refractivity contribution in [2.24, 2.45) is 5.92 Å². The van der Waals surface area contributed by atoms with Crippen LogP contribution in [0.1, 0.15) is 54.1 Å². The molecule has 1 N–H and O–H groups in total. The lowest BCUT2D eigenvalue weighted by atomic mass is 9.78. The zero-order valence-electron chi connectivity index (χ0n) is 12.6. The molecule has 0 saturated heterocycles. The molecule has 0 spiro atoms. The van der Waals surface area contributed by atoms with Gasteiger partial charge in [-0.25, -0.2) is 0 Å². The molecule has 1 aromatic carbocycles. The third kappa shape index (κ3) is 3.43. The van der Waals surface area contributed by atoms with E-state index in [1.165, 1.54) is 12.8 Å². The number of rotatable bonds is 3. The van der Waals surface area contributed by atoms with Gasteiger partial charge in [0.05, 0.1) is 5.54 Å². The first-order valence-corrected chi connectivity index (χ1v) is 8.54. The van der Waals surface area contributed by atoms with Crippen LogP contribution in [0.3, 0.4) is 0 Å². The molecule has 1 amide bonds. The fourth-order valence-electron chi connectivity index (χ4n) is 2.90. The molecule has 0 aromatic heterocycles. The third-order valence-electron chi connectivity index (χ3n) is 4.50. The molecule has 110 valence electrons. The molecule has 0 heterocycles. The van der Waals surface area contributed by atoms with Crippen molar-refractivity contribution in [1.29, 1.82) is 0 Å². The molecule has 0 unspecified atom stereocenters. The second kappa shape index (κ2) is 6.30. The Bertz CT molecular complexity index is 490. The van der Waals surface area contributed by atoms with Crippen LogP contribution < -0.4 is 5.32 Å². The van der Waals surface area contributed by atoms with Gasteiger partial charge in [0.25, 0.3) is 5.91 Å². The Kier molecular flexibility index (Phi) is 4.90. The minimum absolute atomic E-state index is 0.0696. The maximum atomic E-state index is 12.6. The Morgan fingerprint density at radius 3 is 2.60 bits per heavy atom. The largest absolute Gasteiger partial charge is 0.346 e. The fraction of sp³-hybridized carbons (Fsp3) is 0.588. The summed E-state index contributed by atoms with van der Waals surface area (Å²) in [5.41, 5.74) is 2.91. The maximum absolute atomic E-state index is 12.6. The molecule has 2 nitrogen and oxygen atoms in total. The highest BCUT2D eigenvalue weighted by Crippen LogP contribution is 2.33. The van der Waals surface area contributed by atoms with Crippen LogP contribution in [0.2, 0.25) is 0 Å². The third-order valence-corrected chi connectivity index (χ3v) is 5.58. The molecule has 1 saturated carbocycles. The van der Waals surface area contributed by atoms with Gasteiger partial charge >= 0.3 is 0 Å². The van der Waals surface area contributed by atoms with Crippen molar-refractivity contribution in [2.75, 3.05) is 5.33 Å². The van der Waals surface area contributed by atoms with Gasteiger partial charge in [0.2, 0.25) is 0 Å². The minimum atomic E-state index is -0.0697. The van der Waals surface area contributed by atoms with Crippen molar-refractivity contribution in [2.45, 2.75) is 52.0 Å². The standard InChI is InChI=1S/C17H24BrNO/c1-12-6-8-17(11-18,9-7-12)19-16(20)15-10-13(2)4-5-14(15)3/h4-5,10,12H,6-9,11H2,1-3H3,(H,19,20).